The summed E-state index contributed by atoms with van der Waals surface area (Å²) in [7, 11) is 1.69. The van der Waals surface area contributed by atoms with E-state index in [2.05, 4.69) is 26.0 Å². The molecule has 2 aliphatic rings. The first-order valence-corrected chi connectivity index (χ1v) is 9.27. The molecule has 3 heteroatoms. The van der Waals surface area contributed by atoms with Crippen molar-refractivity contribution in [2.45, 2.75) is 70.8 Å². The molecule has 1 aliphatic heterocycles. The zero-order chi connectivity index (χ0) is 17.2. The molecule has 24 heavy (non-hydrogen) atoms. The molecule has 0 radical (unpaired) electrons. The number of aliphatic imine (C=N–C) groups is 1. The Morgan fingerprint density at radius 3 is 2.58 bits per heavy atom. The normalized spacial score (nSPS) is 20.7. The van der Waals surface area contributed by atoms with Crippen LogP contribution in [0.25, 0.3) is 0 Å². The third-order valence-corrected chi connectivity index (χ3v) is 5.34. The van der Waals surface area contributed by atoms with E-state index in [1.165, 1.54) is 31.2 Å². The number of hydrogen-bond acceptors (Lipinski definition) is 3. The highest BCUT2D eigenvalue weighted by atomic mass is 16.5. The van der Waals surface area contributed by atoms with Gasteiger partial charge in [-0.15, -0.1) is 0 Å². The number of carbonyl (C=O) groups is 1. The molecule has 3 nitrogen and oxygen atoms in total. The van der Waals surface area contributed by atoms with E-state index in [4.69, 9.17) is 9.73 Å². The van der Waals surface area contributed by atoms with Gasteiger partial charge in [-0.25, -0.2) is 0 Å². The molecule has 3 rings (SSSR count). The van der Waals surface area contributed by atoms with Crippen LogP contribution >= 0.6 is 0 Å². The molecule has 1 aliphatic carbocycles. The number of ketones is 1. The van der Waals surface area contributed by atoms with Crippen LogP contribution in [0.15, 0.2) is 23.2 Å². The van der Waals surface area contributed by atoms with Crippen molar-refractivity contribution in [1.82, 2.24) is 0 Å². The van der Waals surface area contributed by atoms with E-state index in [0.29, 0.717) is 12.2 Å². The predicted octanol–water partition coefficient (Wildman–Crippen LogP) is 4.75. The third kappa shape index (κ3) is 3.88. The fourth-order valence-electron chi connectivity index (χ4n) is 4.10. The molecular weight excluding hydrogens is 298 g/mol. The summed E-state index contributed by atoms with van der Waals surface area (Å²) in [6.07, 6.45) is 8.44. The van der Waals surface area contributed by atoms with Crippen molar-refractivity contribution in [3.63, 3.8) is 0 Å². The Bertz CT molecular complexity index is 637. The van der Waals surface area contributed by atoms with Gasteiger partial charge in [0.1, 0.15) is 11.5 Å². The first-order valence-electron chi connectivity index (χ1n) is 9.27. The quantitative estimate of drug-likeness (QED) is 0.749. The minimum Gasteiger partial charge on any atom is -0.497 e. The van der Waals surface area contributed by atoms with Gasteiger partial charge in [0.25, 0.3) is 0 Å². The lowest BCUT2D eigenvalue weighted by Gasteiger charge is -2.29. The lowest BCUT2D eigenvalue weighted by molar-refractivity contribution is -0.122. The summed E-state index contributed by atoms with van der Waals surface area (Å²) in [4.78, 5) is 17.8. The van der Waals surface area contributed by atoms with Gasteiger partial charge in [0, 0.05) is 12.3 Å². The van der Waals surface area contributed by atoms with Crippen LogP contribution in [0.4, 0.5) is 0 Å². The van der Waals surface area contributed by atoms with Crippen LogP contribution in [0.1, 0.15) is 69.9 Å². The highest BCUT2D eigenvalue weighted by Crippen LogP contribution is 2.32. The van der Waals surface area contributed by atoms with E-state index in [1.807, 2.05) is 6.07 Å². The molecule has 0 saturated heterocycles. The highest BCUT2D eigenvalue weighted by molar-refractivity contribution is 6.13. The van der Waals surface area contributed by atoms with E-state index >= 15 is 0 Å². The van der Waals surface area contributed by atoms with E-state index < -0.39 is 0 Å². The van der Waals surface area contributed by atoms with Crippen molar-refractivity contribution >= 4 is 11.5 Å². The maximum atomic E-state index is 12.9. The number of methoxy groups -OCH3 is 1. The maximum Gasteiger partial charge on any atom is 0.141 e. The van der Waals surface area contributed by atoms with E-state index in [9.17, 15) is 4.79 Å². The van der Waals surface area contributed by atoms with Crippen LogP contribution in [0, 0.1) is 5.92 Å². The van der Waals surface area contributed by atoms with Crippen molar-refractivity contribution in [2.75, 3.05) is 7.11 Å². The Hall–Kier alpha value is -1.64. The molecule has 0 bridgehead atoms. The number of carbonyl (C=O) groups excluding carboxylic acids is 1. The van der Waals surface area contributed by atoms with Crippen molar-refractivity contribution < 1.29 is 9.53 Å². The minimum atomic E-state index is -0.154. The van der Waals surface area contributed by atoms with Gasteiger partial charge >= 0.3 is 0 Å². The second-order valence-corrected chi connectivity index (χ2v) is 7.90. The van der Waals surface area contributed by atoms with Gasteiger partial charge in [-0.3, -0.25) is 9.79 Å². The van der Waals surface area contributed by atoms with Gasteiger partial charge in [0.05, 0.1) is 18.4 Å². The van der Waals surface area contributed by atoms with Crippen LogP contribution in [0.3, 0.4) is 0 Å². The molecule has 0 unspecified atom stereocenters. The van der Waals surface area contributed by atoms with Gasteiger partial charge in [-0.2, -0.15) is 0 Å². The van der Waals surface area contributed by atoms with Crippen molar-refractivity contribution in [3.8, 4) is 5.75 Å². The number of benzene rings is 1. The average Bonchev–Trinajstić information content (AvgIpc) is 2.82. The van der Waals surface area contributed by atoms with Gasteiger partial charge in [-0.1, -0.05) is 25.7 Å². The predicted molar refractivity (Wildman–Crippen MR) is 98.1 cm³/mol. The maximum absolute atomic E-state index is 12.9. The summed E-state index contributed by atoms with van der Waals surface area (Å²) in [5.41, 5.74) is 3.20. The fraction of sp³-hybridized carbons (Fsp3) is 0.619. The number of Topliss-reactive ketones (excluding diaryl/α,β-unsaturated/α-hetero) is 1. The number of nitrogens with zero attached hydrogens (tertiary/aromatic N) is 1. The molecule has 130 valence electrons. The topological polar surface area (TPSA) is 38.7 Å². The van der Waals surface area contributed by atoms with Crippen LogP contribution in [0.5, 0.6) is 5.75 Å². The largest absolute Gasteiger partial charge is 0.497 e. The molecule has 0 aromatic heterocycles. The zero-order valence-corrected chi connectivity index (χ0v) is 15.2. The van der Waals surface area contributed by atoms with Crippen LogP contribution in [0.2, 0.25) is 0 Å². The van der Waals surface area contributed by atoms with Crippen molar-refractivity contribution in [3.05, 3.63) is 29.3 Å². The molecule has 1 aromatic rings. The molecule has 1 aromatic carbocycles. The Morgan fingerprint density at radius 2 is 1.92 bits per heavy atom. The number of ether oxygens (including phenoxy) is 1. The number of fused-ring (bicyclic) bond motifs is 1. The Morgan fingerprint density at radius 1 is 1.21 bits per heavy atom. The molecule has 0 atom stereocenters. The number of rotatable bonds is 4. The Balaban J connectivity index is 1.83. The second kappa shape index (κ2) is 7.08. The first-order chi connectivity index (χ1) is 11.5. The van der Waals surface area contributed by atoms with Gasteiger partial charge in [0.15, 0.2) is 0 Å². The van der Waals surface area contributed by atoms with Gasteiger partial charge in [-0.05, 0) is 62.4 Å². The Labute approximate surface area is 145 Å². The van der Waals surface area contributed by atoms with Crippen molar-refractivity contribution in [1.29, 1.82) is 0 Å². The molecule has 1 heterocycles. The monoisotopic (exact) mass is 327 g/mol. The van der Waals surface area contributed by atoms with E-state index in [-0.39, 0.29) is 11.5 Å². The summed E-state index contributed by atoms with van der Waals surface area (Å²) in [5, 5.41) is 0. The second-order valence-electron chi connectivity index (χ2n) is 7.90. The van der Waals surface area contributed by atoms with Crippen molar-refractivity contribution in [2.24, 2.45) is 10.9 Å². The highest BCUT2D eigenvalue weighted by Gasteiger charge is 2.29. The lowest BCUT2D eigenvalue weighted by atomic mass is 9.83. The number of hydrogen-bond donors (Lipinski definition) is 0. The van der Waals surface area contributed by atoms with Crippen LogP contribution in [-0.2, 0) is 11.2 Å². The molecular formula is C21H29NO2. The Kier molecular flexibility index (Phi) is 5.07. The summed E-state index contributed by atoms with van der Waals surface area (Å²) in [5.74, 6) is 1.50. The summed E-state index contributed by atoms with van der Waals surface area (Å²) in [6, 6.07) is 6.15. The smallest absolute Gasteiger partial charge is 0.141 e. The minimum absolute atomic E-state index is 0.154. The van der Waals surface area contributed by atoms with Gasteiger partial charge < -0.3 is 4.74 Å². The van der Waals surface area contributed by atoms with E-state index in [1.54, 1.807) is 7.11 Å². The standard InChI is InChI=1S/C21H29NO2/c1-21(2)14-16-12-17(24-3)10-11-18(16)19(22-21)13-20(23)15-8-6-4-5-7-9-15/h10-12,15H,4-9,13-14H2,1-3H3. The van der Waals surface area contributed by atoms with Crippen LogP contribution < -0.4 is 4.74 Å². The van der Waals surface area contributed by atoms with Crippen LogP contribution in [-0.4, -0.2) is 24.1 Å². The first kappa shape index (κ1) is 17.2. The molecule has 0 amide bonds. The SMILES string of the molecule is COc1ccc2c(c1)CC(C)(C)N=C2CC(=O)C1CCCCCC1. The third-order valence-electron chi connectivity index (χ3n) is 5.34. The lowest BCUT2D eigenvalue weighted by Crippen LogP contribution is -2.31. The van der Waals surface area contributed by atoms with E-state index in [0.717, 1.165) is 36.3 Å². The summed E-state index contributed by atoms with van der Waals surface area (Å²) >= 11 is 0. The molecule has 1 saturated carbocycles. The average molecular weight is 327 g/mol. The van der Waals surface area contributed by atoms with Gasteiger partial charge in [0.2, 0.25) is 0 Å². The molecule has 1 fully saturated rings. The molecule has 0 N–H and O–H groups in total. The zero-order valence-electron chi connectivity index (χ0n) is 15.2. The fourth-order valence-corrected chi connectivity index (χ4v) is 4.10. The molecule has 0 spiro atoms. The summed E-state index contributed by atoms with van der Waals surface area (Å²) < 4.78 is 5.37. The summed E-state index contributed by atoms with van der Waals surface area (Å²) in [6.45, 7) is 4.29.